The number of hydrogen-bond acceptors (Lipinski definition) is 1. The average Bonchev–Trinajstić information content (AvgIpc) is 2.85. The fraction of sp³-hybridized carbons (Fsp3) is 0.125. The third-order valence-corrected chi connectivity index (χ3v) is 5.81. The minimum absolute atomic E-state index is 0.120. The number of alkyl halides is 1. The zero-order chi connectivity index (χ0) is 13.4. The maximum atomic E-state index is 6.71. The van der Waals surface area contributed by atoms with Crippen LogP contribution in [0, 0.1) is 6.92 Å². The molecule has 3 rings (SSSR count). The monoisotopic (exact) mass is 350 g/mol. The third-order valence-electron chi connectivity index (χ3n) is 3.28. The molecule has 3 heteroatoms. The Morgan fingerprint density at radius 2 is 1.84 bits per heavy atom. The molecular formula is C16H12BrClS. The van der Waals surface area contributed by atoms with Crippen LogP contribution in [0.5, 0.6) is 0 Å². The molecule has 3 aromatic rings. The van der Waals surface area contributed by atoms with E-state index in [-0.39, 0.29) is 5.38 Å². The highest BCUT2D eigenvalue weighted by Crippen LogP contribution is 2.40. The van der Waals surface area contributed by atoms with E-state index in [1.54, 1.807) is 11.3 Å². The molecule has 0 saturated carbocycles. The summed E-state index contributed by atoms with van der Waals surface area (Å²) in [5.74, 6) is 0. The molecule has 19 heavy (non-hydrogen) atoms. The highest BCUT2D eigenvalue weighted by molar-refractivity contribution is 9.10. The van der Waals surface area contributed by atoms with E-state index in [0.29, 0.717) is 0 Å². The van der Waals surface area contributed by atoms with Crippen molar-refractivity contribution in [3.63, 3.8) is 0 Å². The van der Waals surface area contributed by atoms with E-state index in [1.807, 2.05) is 0 Å². The third kappa shape index (κ3) is 2.33. The lowest BCUT2D eigenvalue weighted by Gasteiger charge is -2.13. The van der Waals surface area contributed by atoms with E-state index in [4.69, 9.17) is 11.6 Å². The van der Waals surface area contributed by atoms with Gasteiger partial charge in [0.05, 0.1) is 5.38 Å². The maximum absolute atomic E-state index is 6.71. The molecule has 0 aliphatic heterocycles. The topological polar surface area (TPSA) is 0 Å². The van der Waals surface area contributed by atoms with Gasteiger partial charge in [-0.3, -0.25) is 0 Å². The van der Waals surface area contributed by atoms with E-state index in [1.165, 1.54) is 21.2 Å². The van der Waals surface area contributed by atoms with Crippen molar-refractivity contribution in [2.24, 2.45) is 0 Å². The van der Waals surface area contributed by atoms with Gasteiger partial charge in [-0.25, -0.2) is 0 Å². The quantitative estimate of drug-likeness (QED) is 0.475. The van der Waals surface area contributed by atoms with Gasteiger partial charge in [-0.15, -0.1) is 22.9 Å². The summed E-state index contributed by atoms with van der Waals surface area (Å²) in [6, 6.07) is 14.6. The second kappa shape index (κ2) is 5.28. The highest BCUT2D eigenvalue weighted by atomic mass is 79.9. The Kier molecular flexibility index (Phi) is 3.66. The van der Waals surface area contributed by atoms with Crippen molar-refractivity contribution in [3.8, 4) is 0 Å². The van der Waals surface area contributed by atoms with E-state index < -0.39 is 0 Å². The van der Waals surface area contributed by atoms with Gasteiger partial charge in [-0.2, -0.15) is 0 Å². The largest absolute Gasteiger partial charge is 0.143 e. The van der Waals surface area contributed by atoms with Crippen LogP contribution in [-0.2, 0) is 0 Å². The first-order chi connectivity index (χ1) is 9.18. The number of rotatable bonds is 2. The van der Waals surface area contributed by atoms with E-state index >= 15 is 0 Å². The summed E-state index contributed by atoms with van der Waals surface area (Å²) in [5.41, 5.74) is 3.53. The van der Waals surface area contributed by atoms with Gasteiger partial charge >= 0.3 is 0 Å². The molecule has 0 fully saturated rings. The van der Waals surface area contributed by atoms with Crippen LogP contribution in [0.1, 0.15) is 22.1 Å². The molecule has 1 unspecified atom stereocenters. The van der Waals surface area contributed by atoms with Gasteiger partial charge in [0.25, 0.3) is 0 Å². The molecule has 0 radical (unpaired) electrons. The molecule has 0 amide bonds. The molecule has 1 aromatic heterocycles. The molecule has 1 heterocycles. The Hall–Kier alpha value is -0.830. The van der Waals surface area contributed by atoms with Crippen molar-refractivity contribution in [2.75, 3.05) is 0 Å². The van der Waals surface area contributed by atoms with E-state index in [9.17, 15) is 0 Å². The second-order valence-electron chi connectivity index (χ2n) is 4.53. The molecule has 0 nitrogen and oxygen atoms in total. The Bertz CT molecular complexity index is 732. The van der Waals surface area contributed by atoms with Crippen LogP contribution in [0.3, 0.4) is 0 Å². The van der Waals surface area contributed by atoms with Gasteiger partial charge in [-0.05, 0) is 40.4 Å². The van der Waals surface area contributed by atoms with Crippen molar-refractivity contribution in [3.05, 3.63) is 69.0 Å². The number of halogens is 2. The van der Waals surface area contributed by atoms with Crippen LogP contribution in [0.15, 0.2) is 52.3 Å². The molecule has 1 atom stereocenters. The zero-order valence-corrected chi connectivity index (χ0v) is 13.5. The maximum Gasteiger partial charge on any atom is 0.0860 e. The fourth-order valence-electron chi connectivity index (χ4n) is 2.23. The predicted octanol–water partition coefficient (Wildman–Crippen LogP) is 6.30. The number of benzene rings is 2. The zero-order valence-electron chi connectivity index (χ0n) is 10.4. The number of hydrogen-bond donors (Lipinski definition) is 0. The van der Waals surface area contributed by atoms with Gasteiger partial charge in [0.1, 0.15) is 0 Å². The summed E-state index contributed by atoms with van der Waals surface area (Å²) in [4.78, 5) is 0. The van der Waals surface area contributed by atoms with Crippen molar-refractivity contribution < 1.29 is 0 Å². The summed E-state index contributed by atoms with van der Waals surface area (Å²) in [5, 5.41) is 3.29. The molecule has 2 aromatic carbocycles. The van der Waals surface area contributed by atoms with Crippen molar-refractivity contribution in [1.29, 1.82) is 0 Å². The molecule has 96 valence electrons. The highest BCUT2D eigenvalue weighted by Gasteiger charge is 2.18. The lowest BCUT2D eigenvalue weighted by molar-refractivity contribution is 1.14. The normalized spacial score (nSPS) is 12.8. The second-order valence-corrected chi connectivity index (χ2v) is 6.67. The van der Waals surface area contributed by atoms with Crippen molar-refractivity contribution >= 4 is 49.0 Å². The minimum atomic E-state index is -0.120. The number of thiophene rings is 1. The molecule has 0 spiro atoms. The van der Waals surface area contributed by atoms with E-state index in [0.717, 1.165) is 10.0 Å². The first-order valence-electron chi connectivity index (χ1n) is 6.03. The standard InChI is InChI=1S/C16H12BrClS/c1-10-5-4-7-12(15(10)17)16(18)13-9-19-14-8-3-2-6-11(13)14/h2-9,16H,1H3. The summed E-state index contributed by atoms with van der Waals surface area (Å²) in [6.45, 7) is 2.09. The lowest BCUT2D eigenvalue weighted by Crippen LogP contribution is -1.94. The molecule has 0 bridgehead atoms. The van der Waals surface area contributed by atoms with Crippen LogP contribution < -0.4 is 0 Å². The van der Waals surface area contributed by atoms with Crippen molar-refractivity contribution in [2.45, 2.75) is 12.3 Å². The molecular weight excluding hydrogens is 340 g/mol. The van der Waals surface area contributed by atoms with Gasteiger partial charge in [0.15, 0.2) is 0 Å². The molecule has 0 saturated heterocycles. The number of fused-ring (bicyclic) bond motifs is 1. The van der Waals surface area contributed by atoms with Gasteiger partial charge in [0, 0.05) is 9.17 Å². The van der Waals surface area contributed by atoms with Crippen LogP contribution in [0.25, 0.3) is 10.1 Å². The SMILES string of the molecule is Cc1cccc(C(Cl)c2csc3ccccc23)c1Br. The summed E-state index contributed by atoms with van der Waals surface area (Å²) < 4.78 is 2.39. The van der Waals surface area contributed by atoms with Gasteiger partial charge in [0.2, 0.25) is 0 Å². The molecule has 0 aliphatic carbocycles. The van der Waals surface area contributed by atoms with Crippen molar-refractivity contribution in [1.82, 2.24) is 0 Å². The minimum Gasteiger partial charge on any atom is -0.143 e. The first kappa shape index (κ1) is 13.2. The van der Waals surface area contributed by atoms with Crippen LogP contribution >= 0.6 is 38.9 Å². The van der Waals surface area contributed by atoms with Crippen LogP contribution in [-0.4, -0.2) is 0 Å². The fourth-order valence-corrected chi connectivity index (χ4v) is 4.28. The Morgan fingerprint density at radius 3 is 2.68 bits per heavy atom. The van der Waals surface area contributed by atoms with Crippen LogP contribution in [0.2, 0.25) is 0 Å². The lowest BCUT2D eigenvalue weighted by atomic mass is 10.0. The predicted molar refractivity (Wildman–Crippen MR) is 88.4 cm³/mol. The average molecular weight is 352 g/mol. The Morgan fingerprint density at radius 1 is 1.05 bits per heavy atom. The summed E-state index contributed by atoms with van der Waals surface area (Å²) in [6.07, 6.45) is 0. The van der Waals surface area contributed by atoms with E-state index in [2.05, 4.69) is 70.7 Å². The molecule has 0 N–H and O–H groups in total. The summed E-state index contributed by atoms with van der Waals surface area (Å²) >= 11 is 12.1. The molecule has 0 aliphatic rings. The number of aryl methyl sites for hydroxylation is 1. The van der Waals surface area contributed by atoms with Crippen LogP contribution in [0.4, 0.5) is 0 Å². The Labute approximate surface area is 130 Å². The van der Waals surface area contributed by atoms with Gasteiger partial charge in [-0.1, -0.05) is 52.3 Å². The first-order valence-corrected chi connectivity index (χ1v) is 8.14. The Balaban J connectivity index is 2.13. The van der Waals surface area contributed by atoms with Gasteiger partial charge < -0.3 is 0 Å². The smallest absolute Gasteiger partial charge is 0.0860 e. The summed E-state index contributed by atoms with van der Waals surface area (Å²) in [7, 11) is 0.